The second-order valence-corrected chi connectivity index (χ2v) is 12.5. The number of aliphatic hydroxyl groups is 1. The summed E-state index contributed by atoms with van der Waals surface area (Å²) in [7, 11) is -0.644. The number of rotatable bonds is 13. The molecule has 10 heteroatoms. The quantitative estimate of drug-likeness (QED) is 0.146. The number of esters is 1. The first-order valence-corrected chi connectivity index (χ1v) is 15.4. The lowest BCUT2D eigenvalue weighted by molar-refractivity contribution is 0.0515. The van der Waals surface area contributed by atoms with Gasteiger partial charge in [0.25, 0.3) is 0 Å². The summed E-state index contributed by atoms with van der Waals surface area (Å²) in [6.45, 7) is 4.94. The predicted molar refractivity (Wildman–Crippen MR) is 162 cm³/mol. The highest BCUT2D eigenvalue weighted by Crippen LogP contribution is 2.44. The Balaban J connectivity index is 1.52. The summed E-state index contributed by atoms with van der Waals surface area (Å²) in [5.74, 6) is -0.393. The number of hydrogen-bond donors (Lipinski definition) is 2. The van der Waals surface area contributed by atoms with Crippen LogP contribution in [0.15, 0.2) is 72.8 Å². The van der Waals surface area contributed by atoms with Crippen molar-refractivity contribution in [2.24, 2.45) is 0 Å². The van der Waals surface area contributed by atoms with Crippen LogP contribution >= 0.6 is 19.2 Å². The zero-order valence-electron chi connectivity index (χ0n) is 23.7. The number of nitrogens with zero attached hydrogens (tertiary/aromatic N) is 1. The Kier molecular flexibility index (Phi) is 10.4. The van der Waals surface area contributed by atoms with Gasteiger partial charge in [0.2, 0.25) is 0 Å². The normalized spacial score (nSPS) is 13.3. The minimum absolute atomic E-state index is 0.0987. The van der Waals surface area contributed by atoms with E-state index >= 15 is 0 Å². The highest BCUT2D eigenvalue weighted by molar-refractivity contribution is 7.62. The largest absolute Gasteiger partial charge is 0.461 e. The van der Waals surface area contributed by atoms with Crippen LogP contribution in [0.25, 0.3) is 10.9 Å². The summed E-state index contributed by atoms with van der Waals surface area (Å²) in [4.78, 5) is 12.9. The van der Waals surface area contributed by atoms with Crippen LogP contribution in [-0.4, -0.2) is 49.1 Å². The number of carbonyl (C=O) groups excluding carboxylic acids is 1. The number of nitrogens with one attached hydrogen (secondary N) is 1. The van der Waals surface area contributed by atoms with Crippen molar-refractivity contribution in [3.8, 4) is 0 Å². The van der Waals surface area contributed by atoms with E-state index < -0.39 is 19.7 Å². The first-order chi connectivity index (χ1) is 19.7. The highest BCUT2D eigenvalue weighted by Gasteiger charge is 2.24. The average molecular weight is 599 g/mol. The molecule has 0 saturated carbocycles. The van der Waals surface area contributed by atoms with E-state index in [1.807, 2.05) is 41.0 Å². The molecule has 0 unspecified atom stereocenters. The van der Waals surface area contributed by atoms with E-state index in [-0.39, 0.29) is 12.6 Å². The molecule has 0 aliphatic rings. The Bertz CT molecular complexity index is 1530. The Morgan fingerprint density at radius 3 is 2.39 bits per heavy atom. The maximum absolute atomic E-state index is 12.9. The van der Waals surface area contributed by atoms with E-state index in [0.29, 0.717) is 29.1 Å². The predicted octanol–water partition coefficient (Wildman–Crippen LogP) is 5.89. The van der Waals surface area contributed by atoms with Crippen molar-refractivity contribution in [1.82, 2.24) is 9.88 Å². The number of aromatic nitrogens is 1. The lowest BCUT2D eigenvalue weighted by atomic mass is 10.0. The van der Waals surface area contributed by atoms with Crippen molar-refractivity contribution in [3.05, 3.63) is 100 Å². The van der Waals surface area contributed by atoms with Crippen molar-refractivity contribution in [2.45, 2.75) is 39.0 Å². The molecule has 8 nitrogen and oxygen atoms in total. The van der Waals surface area contributed by atoms with Crippen LogP contribution < -0.4 is 10.6 Å². The first kappa shape index (κ1) is 31.0. The molecule has 1 heterocycles. The summed E-state index contributed by atoms with van der Waals surface area (Å²) >= 11 is 6.05. The second kappa shape index (κ2) is 13.8. The molecule has 0 radical (unpaired) electrons. The number of carbonyl (C=O) groups is 1. The third-order valence-electron chi connectivity index (χ3n) is 6.96. The van der Waals surface area contributed by atoms with Gasteiger partial charge < -0.3 is 28.8 Å². The van der Waals surface area contributed by atoms with E-state index in [9.17, 15) is 14.5 Å². The zero-order chi connectivity index (χ0) is 29.6. The Hall–Kier alpha value is -2.97. The van der Waals surface area contributed by atoms with Gasteiger partial charge in [-0.15, -0.1) is 0 Å². The standard InChI is InChI=1S/C31H36ClN2O6P/c1-5-40-31(36)29-18-25-16-23(15-21(2)33-19-30(35)24-7-6-8-26(32)17-24)11-14-28(25)34(29)20-22-9-12-27(13-10-22)41(37,38-3)39-4/h6-14,16-18,21,30,33,35H,5,15,19-20H2,1-4H3/t21-,30-/m1/s1. The number of ether oxygens (including phenoxy) is 1. The van der Waals surface area contributed by atoms with Crippen LogP contribution in [0.1, 0.15) is 47.1 Å². The number of benzene rings is 3. The molecule has 0 aliphatic heterocycles. The fourth-order valence-corrected chi connectivity index (χ4v) is 6.10. The van der Waals surface area contributed by atoms with E-state index in [0.717, 1.165) is 34.0 Å². The minimum atomic E-state index is -3.35. The molecular weight excluding hydrogens is 563 g/mol. The second-order valence-electron chi connectivity index (χ2n) is 9.84. The fourth-order valence-electron chi connectivity index (χ4n) is 4.81. The molecular formula is C31H36ClN2O6P. The third kappa shape index (κ3) is 7.46. The van der Waals surface area contributed by atoms with Gasteiger partial charge in [-0.3, -0.25) is 4.57 Å². The summed E-state index contributed by atoms with van der Waals surface area (Å²) in [5, 5.41) is 15.9. The Morgan fingerprint density at radius 2 is 1.73 bits per heavy atom. The van der Waals surface area contributed by atoms with Gasteiger partial charge in [0.1, 0.15) is 5.69 Å². The number of aliphatic hydroxyl groups excluding tert-OH is 1. The molecule has 0 bridgehead atoms. The Morgan fingerprint density at radius 1 is 1.02 bits per heavy atom. The molecule has 2 atom stereocenters. The Labute approximate surface area is 245 Å². The molecule has 0 amide bonds. The van der Waals surface area contributed by atoms with Gasteiger partial charge in [-0.25, -0.2) is 4.79 Å². The lowest BCUT2D eigenvalue weighted by Crippen LogP contribution is -2.32. The molecule has 2 N–H and O–H groups in total. The van der Waals surface area contributed by atoms with E-state index in [2.05, 4.69) is 24.4 Å². The lowest BCUT2D eigenvalue weighted by Gasteiger charge is -2.18. The van der Waals surface area contributed by atoms with Gasteiger partial charge in [-0.2, -0.15) is 0 Å². The van der Waals surface area contributed by atoms with Crippen molar-refractivity contribution in [2.75, 3.05) is 27.4 Å². The van der Waals surface area contributed by atoms with Crippen LogP contribution in [0.5, 0.6) is 0 Å². The van der Waals surface area contributed by atoms with Crippen LogP contribution in [0.4, 0.5) is 0 Å². The van der Waals surface area contributed by atoms with Crippen LogP contribution in [0.3, 0.4) is 0 Å². The summed E-state index contributed by atoms with van der Waals surface area (Å²) < 4.78 is 30.2. The molecule has 0 saturated heterocycles. The molecule has 218 valence electrons. The van der Waals surface area contributed by atoms with E-state index in [4.69, 9.17) is 25.4 Å². The highest BCUT2D eigenvalue weighted by atomic mass is 35.5. The number of halogens is 1. The number of fused-ring (bicyclic) bond motifs is 1. The van der Waals surface area contributed by atoms with Gasteiger partial charge in [-0.1, -0.05) is 41.9 Å². The molecule has 0 spiro atoms. The van der Waals surface area contributed by atoms with Crippen molar-refractivity contribution in [1.29, 1.82) is 0 Å². The van der Waals surface area contributed by atoms with Gasteiger partial charge in [0.05, 0.1) is 18.0 Å². The van der Waals surface area contributed by atoms with Crippen molar-refractivity contribution >= 4 is 41.4 Å². The van der Waals surface area contributed by atoms with Crippen LogP contribution in [-0.2, 0) is 31.3 Å². The molecule has 4 rings (SSSR count). The van der Waals surface area contributed by atoms with Gasteiger partial charge in [-0.05, 0) is 79.4 Å². The van der Waals surface area contributed by atoms with E-state index in [1.165, 1.54) is 14.2 Å². The van der Waals surface area contributed by atoms with Gasteiger partial charge in [0, 0.05) is 49.3 Å². The van der Waals surface area contributed by atoms with Crippen LogP contribution in [0.2, 0.25) is 5.02 Å². The molecule has 41 heavy (non-hydrogen) atoms. The maximum atomic E-state index is 12.9. The SMILES string of the molecule is CCOC(=O)c1cc2cc(C[C@@H](C)NC[C@@H](O)c3cccc(Cl)c3)ccc2n1Cc1ccc(P(=O)(OC)OC)cc1. The monoisotopic (exact) mass is 598 g/mol. The third-order valence-corrected chi connectivity index (χ3v) is 9.09. The summed E-state index contributed by atoms with van der Waals surface area (Å²) in [6.07, 6.45) is 0.0725. The van der Waals surface area contributed by atoms with Crippen molar-refractivity contribution in [3.63, 3.8) is 0 Å². The fraction of sp³-hybridized carbons (Fsp3) is 0.323. The zero-order valence-corrected chi connectivity index (χ0v) is 25.3. The summed E-state index contributed by atoms with van der Waals surface area (Å²) in [5.41, 5.74) is 4.14. The molecule has 4 aromatic rings. The summed E-state index contributed by atoms with van der Waals surface area (Å²) in [6, 6.07) is 22.5. The van der Waals surface area contributed by atoms with Gasteiger partial charge in [0.15, 0.2) is 0 Å². The van der Waals surface area contributed by atoms with Crippen LogP contribution in [0, 0.1) is 0 Å². The molecule has 3 aromatic carbocycles. The first-order valence-electron chi connectivity index (χ1n) is 13.4. The molecule has 0 fully saturated rings. The van der Waals surface area contributed by atoms with E-state index in [1.54, 1.807) is 31.2 Å². The van der Waals surface area contributed by atoms with Gasteiger partial charge >= 0.3 is 13.6 Å². The molecule has 1 aromatic heterocycles. The molecule has 0 aliphatic carbocycles. The smallest absolute Gasteiger partial charge is 0.360 e. The topological polar surface area (TPSA) is 99.0 Å². The number of hydrogen-bond acceptors (Lipinski definition) is 7. The minimum Gasteiger partial charge on any atom is -0.461 e. The average Bonchev–Trinajstić information content (AvgIpc) is 3.33. The van der Waals surface area contributed by atoms with Crippen molar-refractivity contribution < 1.29 is 28.3 Å². The maximum Gasteiger partial charge on any atom is 0.360 e.